The molecule has 0 radical (unpaired) electrons. The lowest BCUT2D eigenvalue weighted by molar-refractivity contribution is -0.137. The first kappa shape index (κ1) is 27.2. The molecule has 0 unspecified atom stereocenters. The smallest absolute Gasteiger partial charge is 0.414 e. The van der Waals surface area contributed by atoms with E-state index < -0.39 is 18.1 Å². The molecule has 4 aromatic rings. The van der Waals surface area contributed by atoms with Crippen LogP contribution in [0.2, 0.25) is 0 Å². The van der Waals surface area contributed by atoms with E-state index in [-0.39, 0.29) is 6.42 Å². The number of carboxylic acid groups (broad SMARTS) is 1. The minimum atomic E-state index is -1.03. The van der Waals surface area contributed by atoms with Gasteiger partial charge in [-0.25, -0.2) is 14.6 Å². The number of aryl methyl sites for hydroxylation is 1. The molecule has 10 nitrogen and oxygen atoms in total. The van der Waals surface area contributed by atoms with E-state index in [4.69, 9.17) is 14.1 Å². The van der Waals surface area contributed by atoms with Crippen molar-refractivity contribution in [3.63, 3.8) is 0 Å². The average Bonchev–Trinajstić information content (AvgIpc) is 3.42. The number of carboxylic acids is 1. The molecule has 0 saturated carbocycles. The first-order valence-electron chi connectivity index (χ1n) is 12.3. The molecule has 0 saturated heterocycles. The lowest BCUT2D eigenvalue weighted by Gasteiger charge is -2.21. The number of hydrogen-bond donors (Lipinski definition) is 2. The minimum Gasteiger partial charge on any atom is -0.480 e. The highest BCUT2D eigenvalue weighted by atomic mass is 16.6. The Hall–Kier alpha value is -4.86. The van der Waals surface area contributed by atoms with Crippen LogP contribution < -0.4 is 15.0 Å². The zero-order valence-corrected chi connectivity index (χ0v) is 22.3. The van der Waals surface area contributed by atoms with Crippen LogP contribution in [0.25, 0.3) is 11.1 Å². The maximum absolute atomic E-state index is 12.3. The summed E-state index contributed by atoms with van der Waals surface area (Å²) in [5.74, 6) is 0.922. The van der Waals surface area contributed by atoms with Crippen LogP contribution in [0.4, 0.5) is 16.6 Å². The number of rotatable bonds is 10. The second kappa shape index (κ2) is 12.1. The van der Waals surface area contributed by atoms with Gasteiger partial charge in [0.25, 0.3) is 0 Å². The van der Waals surface area contributed by atoms with Gasteiger partial charge in [-0.3, -0.25) is 0 Å². The van der Waals surface area contributed by atoms with E-state index in [0.29, 0.717) is 29.6 Å². The number of carbonyl (C=O) groups excluding carboxylic acids is 1. The van der Waals surface area contributed by atoms with E-state index in [1.807, 2.05) is 55.3 Å². The summed E-state index contributed by atoms with van der Waals surface area (Å²) in [5, 5.41) is 13.2. The molecule has 1 amide bonds. The number of benzene rings is 2. The molecule has 1 atom stereocenters. The molecule has 2 N–H and O–H groups in total. The van der Waals surface area contributed by atoms with Crippen LogP contribution in [-0.4, -0.2) is 59.2 Å². The van der Waals surface area contributed by atoms with Crippen molar-refractivity contribution in [3.05, 3.63) is 90.0 Å². The van der Waals surface area contributed by atoms with Crippen molar-refractivity contribution in [3.8, 4) is 16.9 Å². The van der Waals surface area contributed by atoms with Crippen molar-refractivity contribution in [2.24, 2.45) is 0 Å². The van der Waals surface area contributed by atoms with Crippen molar-refractivity contribution >= 4 is 23.8 Å². The fourth-order valence-corrected chi connectivity index (χ4v) is 3.93. The number of hydrogen-bond acceptors (Lipinski definition) is 8. The molecular formula is C29H31N5O5. The quantitative estimate of drug-likeness (QED) is 0.297. The van der Waals surface area contributed by atoms with Crippen LogP contribution >= 0.6 is 0 Å². The predicted octanol–water partition coefficient (Wildman–Crippen LogP) is 4.85. The van der Waals surface area contributed by atoms with Crippen molar-refractivity contribution in [1.29, 1.82) is 0 Å². The fourth-order valence-electron chi connectivity index (χ4n) is 3.93. The van der Waals surface area contributed by atoms with E-state index in [9.17, 15) is 14.7 Å². The van der Waals surface area contributed by atoms with E-state index in [0.717, 1.165) is 22.5 Å². The van der Waals surface area contributed by atoms with Gasteiger partial charge < -0.3 is 29.4 Å². The summed E-state index contributed by atoms with van der Waals surface area (Å²) in [7, 11) is 5.03. The molecule has 10 heteroatoms. The molecule has 0 aliphatic carbocycles. The first-order valence-corrected chi connectivity index (χ1v) is 12.3. The Balaban J connectivity index is 1.61. The van der Waals surface area contributed by atoms with Gasteiger partial charge in [0.15, 0.2) is 0 Å². The molecule has 0 fully saturated rings. The highest BCUT2D eigenvalue weighted by Crippen LogP contribution is 2.31. The van der Waals surface area contributed by atoms with Crippen molar-refractivity contribution < 1.29 is 23.8 Å². The molecule has 2 aromatic heterocycles. The van der Waals surface area contributed by atoms with Crippen molar-refractivity contribution in [2.45, 2.75) is 25.9 Å². The third kappa shape index (κ3) is 6.92. The third-order valence-electron chi connectivity index (χ3n) is 6.07. The number of aromatic nitrogens is 2. The highest BCUT2D eigenvalue weighted by molar-refractivity contribution is 5.83. The largest absolute Gasteiger partial charge is 0.480 e. The molecule has 2 aromatic carbocycles. The lowest BCUT2D eigenvalue weighted by Crippen LogP contribution is -2.32. The lowest BCUT2D eigenvalue weighted by atomic mass is 10.0. The Kier molecular flexibility index (Phi) is 8.45. The van der Waals surface area contributed by atoms with E-state index in [2.05, 4.69) is 10.3 Å². The number of carbonyl (C=O) groups is 2. The molecule has 0 aliphatic heterocycles. The van der Waals surface area contributed by atoms with Gasteiger partial charge in [0.1, 0.15) is 23.4 Å². The molecular weight excluding hydrogens is 498 g/mol. The van der Waals surface area contributed by atoms with E-state index in [1.54, 1.807) is 50.8 Å². The minimum absolute atomic E-state index is 0.173. The summed E-state index contributed by atoms with van der Waals surface area (Å²) in [6, 6.07) is 17.2. The zero-order chi connectivity index (χ0) is 27.9. The van der Waals surface area contributed by atoms with Crippen molar-refractivity contribution in [1.82, 2.24) is 14.9 Å². The zero-order valence-electron chi connectivity index (χ0n) is 22.3. The SMILES string of the molecule is Cc1ccccc1-c1cnc(N(C)Cc2ccco2)nc1N[C@@H](Cc1ccc(OC(=O)N(C)C)cc1)C(=O)O. The molecule has 202 valence electrons. The summed E-state index contributed by atoms with van der Waals surface area (Å²) in [5.41, 5.74) is 3.36. The Bertz CT molecular complexity index is 1420. The molecule has 0 spiro atoms. The summed E-state index contributed by atoms with van der Waals surface area (Å²) < 4.78 is 10.7. The standard InChI is InChI=1S/C29H31N5O5/c1-19-8-5-6-10-23(19)24-17-30-28(34(4)18-22-9-7-15-38-22)32-26(24)31-25(27(35)36)16-20-11-13-21(14-12-20)39-29(37)33(2)3/h5-15,17,25H,16,18H2,1-4H3,(H,35,36)(H,30,31,32)/t25-/m0/s1. The van der Waals surface area contributed by atoms with Crippen LogP contribution in [0.15, 0.2) is 77.5 Å². The number of aliphatic carboxylic acids is 1. The van der Waals surface area contributed by atoms with Gasteiger partial charge in [-0.1, -0.05) is 36.4 Å². The van der Waals surface area contributed by atoms with Gasteiger partial charge in [-0.2, -0.15) is 4.98 Å². The Morgan fingerprint density at radius 1 is 1.03 bits per heavy atom. The number of nitrogens with one attached hydrogen (secondary N) is 1. The molecule has 0 bridgehead atoms. The Labute approximate surface area is 226 Å². The fraction of sp³-hybridized carbons (Fsp3) is 0.241. The monoisotopic (exact) mass is 529 g/mol. The highest BCUT2D eigenvalue weighted by Gasteiger charge is 2.22. The van der Waals surface area contributed by atoms with Crippen LogP contribution in [-0.2, 0) is 17.8 Å². The number of furan rings is 1. The topological polar surface area (TPSA) is 121 Å². The average molecular weight is 530 g/mol. The molecule has 4 rings (SSSR count). The molecule has 2 heterocycles. The maximum atomic E-state index is 12.3. The van der Waals surface area contributed by atoms with Gasteiger partial charge in [-0.05, 0) is 47.9 Å². The second-order valence-corrected chi connectivity index (χ2v) is 9.33. The summed E-state index contributed by atoms with van der Waals surface area (Å²) in [6.45, 7) is 2.43. The number of amides is 1. The molecule has 0 aliphatic rings. The Morgan fingerprint density at radius 3 is 2.41 bits per heavy atom. The van der Waals surface area contributed by atoms with Gasteiger partial charge in [0.05, 0.1) is 12.8 Å². The van der Waals surface area contributed by atoms with Crippen LogP contribution in [0.5, 0.6) is 5.75 Å². The van der Waals surface area contributed by atoms with Gasteiger partial charge >= 0.3 is 12.1 Å². The van der Waals surface area contributed by atoms with Crippen LogP contribution in [0.3, 0.4) is 0 Å². The van der Waals surface area contributed by atoms with E-state index in [1.165, 1.54) is 4.90 Å². The van der Waals surface area contributed by atoms with Crippen LogP contribution in [0.1, 0.15) is 16.9 Å². The Morgan fingerprint density at radius 2 is 1.77 bits per heavy atom. The summed E-state index contributed by atoms with van der Waals surface area (Å²) >= 11 is 0. The maximum Gasteiger partial charge on any atom is 0.414 e. The number of ether oxygens (including phenoxy) is 1. The normalized spacial score (nSPS) is 11.5. The van der Waals surface area contributed by atoms with Crippen LogP contribution in [0, 0.1) is 6.92 Å². The number of anilines is 2. The van der Waals surface area contributed by atoms with Gasteiger partial charge in [0, 0.05) is 39.3 Å². The van der Waals surface area contributed by atoms with E-state index >= 15 is 0 Å². The predicted molar refractivity (Wildman–Crippen MR) is 148 cm³/mol. The second-order valence-electron chi connectivity index (χ2n) is 9.33. The third-order valence-corrected chi connectivity index (χ3v) is 6.07. The van der Waals surface area contributed by atoms with Gasteiger partial charge in [0.2, 0.25) is 5.95 Å². The summed E-state index contributed by atoms with van der Waals surface area (Å²) in [4.78, 5) is 36.6. The van der Waals surface area contributed by atoms with Crippen molar-refractivity contribution in [2.75, 3.05) is 31.4 Å². The molecule has 39 heavy (non-hydrogen) atoms. The number of nitrogens with zero attached hydrogens (tertiary/aromatic N) is 4. The first-order chi connectivity index (χ1) is 18.7. The van der Waals surface area contributed by atoms with Gasteiger partial charge in [-0.15, -0.1) is 0 Å². The summed E-state index contributed by atoms with van der Waals surface area (Å²) in [6.07, 6.45) is 2.99.